The molecular formula is C14H17ClINO4. The number of esters is 1. The van der Waals surface area contributed by atoms with Gasteiger partial charge in [-0.05, 0) is 48.1 Å². The van der Waals surface area contributed by atoms with E-state index in [4.69, 9.17) is 21.1 Å². The first-order chi connectivity index (χ1) is 9.78. The number of hydrogen-bond donors (Lipinski definition) is 1. The first-order valence-electron chi connectivity index (χ1n) is 6.23. The summed E-state index contributed by atoms with van der Waals surface area (Å²) in [7, 11) is 2.75. The number of hydrogen-bond acceptors (Lipinski definition) is 4. The van der Waals surface area contributed by atoms with Gasteiger partial charge in [-0.25, -0.2) is 4.79 Å². The minimum absolute atomic E-state index is 0.270. The molecule has 0 aliphatic carbocycles. The van der Waals surface area contributed by atoms with Crippen LogP contribution in [0.25, 0.3) is 0 Å². The van der Waals surface area contributed by atoms with Gasteiger partial charge in [-0.15, -0.1) is 0 Å². The van der Waals surface area contributed by atoms with E-state index in [1.54, 1.807) is 19.9 Å². The lowest BCUT2D eigenvalue weighted by atomic mass is 9.98. The molecule has 0 aromatic heterocycles. The molecule has 1 N–H and O–H groups in total. The van der Waals surface area contributed by atoms with E-state index in [1.807, 2.05) is 22.6 Å². The number of amides is 1. The zero-order chi connectivity index (χ0) is 16.2. The summed E-state index contributed by atoms with van der Waals surface area (Å²) in [5.74, 6) is -0.557. The third-order valence-electron chi connectivity index (χ3n) is 3.22. The Hall–Kier alpha value is -1.02. The lowest BCUT2D eigenvalue weighted by Crippen LogP contribution is -2.52. The molecule has 0 spiro atoms. The Labute approximate surface area is 142 Å². The molecule has 0 bridgehead atoms. The zero-order valence-electron chi connectivity index (χ0n) is 12.3. The first kappa shape index (κ1) is 18.0. The minimum Gasteiger partial charge on any atom is -0.496 e. The molecule has 0 fully saturated rings. The summed E-state index contributed by atoms with van der Waals surface area (Å²) in [6, 6.07) is 3.18. The van der Waals surface area contributed by atoms with Crippen molar-refractivity contribution in [3.63, 3.8) is 0 Å². The van der Waals surface area contributed by atoms with Crippen LogP contribution in [0.4, 0.5) is 0 Å². The van der Waals surface area contributed by atoms with Crippen molar-refractivity contribution < 1.29 is 19.1 Å². The van der Waals surface area contributed by atoms with Crippen LogP contribution in [0.15, 0.2) is 12.1 Å². The quantitative estimate of drug-likeness (QED) is 0.582. The lowest BCUT2D eigenvalue weighted by molar-refractivity contribution is -0.147. The van der Waals surface area contributed by atoms with Crippen LogP contribution in [0.1, 0.15) is 30.6 Å². The average molecular weight is 426 g/mol. The van der Waals surface area contributed by atoms with Crippen LogP contribution < -0.4 is 10.1 Å². The average Bonchev–Trinajstić information content (AvgIpc) is 2.48. The zero-order valence-corrected chi connectivity index (χ0v) is 15.2. The highest BCUT2D eigenvalue weighted by molar-refractivity contribution is 14.1. The van der Waals surface area contributed by atoms with Gasteiger partial charge < -0.3 is 14.8 Å². The predicted molar refractivity (Wildman–Crippen MR) is 88.9 cm³/mol. The Bertz CT molecular complexity index is 564. The number of halogens is 2. The van der Waals surface area contributed by atoms with Crippen LogP contribution in [0.3, 0.4) is 0 Å². The van der Waals surface area contributed by atoms with Gasteiger partial charge in [0.15, 0.2) is 0 Å². The fourth-order valence-corrected chi connectivity index (χ4v) is 2.30. The van der Waals surface area contributed by atoms with Gasteiger partial charge in [0.2, 0.25) is 0 Å². The van der Waals surface area contributed by atoms with Gasteiger partial charge in [0.25, 0.3) is 5.91 Å². The maximum atomic E-state index is 12.4. The van der Waals surface area contributed by atoms with Crippen molar-refractivity contribution in [3.05, 3.63) is 26.3 Å². The number of rotatable bonds is 5. The molecule has 7 heteroatoms. The van der Waals surface area contributed by atoms with E-state index < -0.39 is 17.4 Å². The molecule has 0 aliphatic heterocycles. The Morgan fingerprint density at radius 2 is 2.00 bits per heavy atom. The molecule has 0 heterocycles. The molecule has 1 aromatic carbocycles. The van der Waals surface area contributed by atoms with Crippen molar-refractivity contribution in [3.8, 4) is 5.75 Å². The van der Waals surface area contributed by atoms with E-state index in [1.165, 1.54) is 20.3 Å². The molecule has 0 radical (unpaired) electrons. The molecule has 1 rings (SSSR count). The van der Waals surface area contributed by atoms with Crippen molar-refractivity contribution in [2.75, 3.05) is 14.2 Å². The van der Waals surface area contributed by atoms with Crippen LogP contribution in [0.2, 0.25) is 5.02 Å². The fraction of sp³-hybridized carbons (Fsp3) is 0.429. The third-order valence-corrected chi connectivity index (χ3v) is 4.74. The largest absolute Gasteiger partial charge is 0.496 e. The molecule has 21 heavy (non-hydrogen) atoms. The van der Waals surface area contributed by atoms with Gasteiger partial charge in [-0.3, -0.25) is 4.79 Å². The summed E-state index contributed by atoms with van der Waals surface area (Å²) < 4.78 is 10.7. The predicted octanol–water partition coefficient (Wildman–Crippen LogP) is 3.02. The highest BCUT2D eigenvalue weighted by Gasteiger charge is 2.35. The smallest absolute Gasteiger partial charge is 0.331 e. The van der Waals surface area contributed by atoms with E-state index in [2.05, 4.69) is 5.32 Å². The van der Waals surface area contributed by atoms with Crippen LogP contribution in [0.5, 0.6) is 5.75 Å². The van der Waals surface area contributed by atoms with Crippen molar-refractivity contribution in [1.29, 1.82) is 0 Å². The summed E-state index contributed by atoms with van der Waals surface area (Å²) in [5.41, 5.74) is -0.835. The normalized spacial score (nSPS) is 13.2. The molecule has 0 aliphatic rings. The highest BCUT2D eigenvalue weighted by Crippen LogP contribution is 2.28. The molecule has 1 amide bonds. The van der Waals surface area contributed by atoms with Crippen LogP contribution in [-0.2, 0) is 9.53 Å². The van der Waals surface area contributed by atoms with E-state index in [0.29, 0.717) is 17.2 Å². The molecule has 1 unspecified atom stereocenters. The second kappa shape index (κ2) is 7.31. The van der Waals surface area contributed by atoms with E-state index in [-0.39, 0.29) is 5.56 Å². The molecule has 116 valence electrons. The molecule has 1 aromatic rings. The van der Waals surface area contributed by atoms with Gasteiger partial charge in [-0.1, -0.05) is 18.5 Å². The molecular weight excluding hydrogens is 409 g/mol. The van der Waals surface area contributed by atoms with E-state index in [9.17, 15) is 9.59 Å². The van der Waals surface area contributed by atoms with Crippen LogP contribution in [0, 0.1) is 3.57 Å². The summed E-state index contributed by atoms with van der Waals surface area (Å²) >= 11 is 8.09. The number of carbonyl (C=O) groups excluding carboxylic acids is 2. The minimum atomic E-state index is -1.10. The number of benzene rings is 1. The van der Waals surface area contributed by atoms with Gasteiger partial charge >= 0.3 is 5.97 Å². The van der Waals surface area contributed by atoms with Crippen molar-refractivity contribution in [1.82, 2.24) is 5.32 Å². The Kier molecular flexibility index (Phi) is 6.27. The van der Waals surface area contributed by atoms with Crippen LogP contribution >= 0.6 is 34.2 Å². The topological polar surface area (TPSA) is 64.6 Å². The van der Waals surface area contributed by atoms with E-state index >= 15 is 0 Å². The lowest BCUT2D eigenvalue weighted by Gasteiger charge is -2.26. The maximum Gasteiger partial charge on any atom is 0.331 e. The SMILES string of the molecule is CCC(C)(NC(=O)c1cc(Cl)c(I)cc1OC)C(=O)OC. The van der Waals surface area contributed by atoms with Crippen molar-refractivity contribution in [2.24, 2.45) is 0 Å². The van der Waals surface area contributed by atoms with Gasteiger partial charge in [0, 0.05) is 3.57 Å². The molecule has 0 saturated heterocycles. The Morgan fingerprint density at radius 1 is 1.38 bits per heavy atom. The first-order valence-corrected chi connectivity index (χ1v) is 7.68. The molecule has 5 nitrogen and oxygen atoms in total. The summed E-state index contributed by atoms with van der Waals surface area (Å²) in [6.07, 6.45) is 0.395. The summed E-state index contributed by atoms with van der Waals surface area (Å²) in [6.45, 7) is 3.40. The van der Waals surface area contributed by atoms with Crippen LogP contribution in [-0.4, -0.2) is 31.6 Å². The number of nitrogens with one attached hydrogen (secondary N) is 1. The summed E-state index contributed by atoms with van der Waals surface area (Å²) in [5, 5.41) is 3.12. The highest BCUT2D eigenvalue weighted by atomic mass is 127. The summed E-state index contributed by atoms with van der Waals surface area (Å²) in [4.78, 5) is 24.2. The Balaban J connectivity index is 3.14. The number of ether oxygens (including phenoxy) is 2. The third kappa shape index (κ3) is 4.00. The molecule has 0 saturated carbocycles. The van der Waals surface area contributed by atoms with Gasteiger partial charge in [0.1, 0.15) is 11.3 Å². The van der Waals surface area contributed by atoms with E-state index in [0.717, 1.165) is 3.57 Å². The second-order valence-electron chi connectivity index (χ2n) is 4.60. The maximum absolute atomic E-state index is 12.4. The fourth-order valence-electron chi connectivity index (χ4n) is 1.70. The van der Waals surface area contributed by atoms with Gasteiger partial charge in [-0.2, -0.15) is 0 Å². The van der Waals surface area contributed by atoms with Crippen molar-refractivity contribution in [2.45, 2.75) is 25.8 Å². The Morgan fingerprint density at radius 3 is 2.48 bits per heavy atom. The standard InChI is InChI=1S/C14H17ClINO4/c1-5-14(2,13(19)21-4)17-12(18)8-6-9(15)10(16)7-11(8)20-3/h6-7H,5H2,1-4H3,(H,17,18). The monoisotopic (exact) mass is 425 g/mol. The second-order valence-corrected chi connectivity index (χ2v) is 6.17. The number of methoxy groups -OCH3 is 2. The molecule has 1 atom stereocenters. The number of carbonyl (C=O) groups is 2. The van der Waals surface area contributed by atoms with Crippen molar-refractivity contribution >= 4 is 46.1 Å². The van der Waals surface area contributed by atoms with Gasteiger partial charge in [0.05, 0.1) is 24.8 Å².